The largest absolute Gasteiger partial charge is 0.497 e. The number of benzene rings is 3. The fraction of sp³-hybridized carbons (Fsp3) is 0.200. The zero-order valence-corrected chi connectivity index (χ0v) is 21.6. The number of sulfonamides is 1. The minimum atomic E-state index is -4.21. The van der Waals surface area contributed by atoms with Crippen LogP contribution in [0.25, 0.3) is 0 Å². The summed E-state index contributed by atoms with van der Waals surface area (Å²) in [6.07, 6.45) is 0. The molecule has 0 saturated heterocycles. The molecule has 0 aliphatic carbocycles. The molecule has 0 spiro atoms. The number of rotatable bonds is 9. The number of ether oxygens (including phenoxy) is 3. The van der Waals surface area contributed by atoms with Crippen molar-refractivity contribution in [1.82, 2.24) is 0 Å². The number of nitrogens with one attached hydrogen (secondary N) is 1. The molecule has 3 rings (SSSR count). The van der Waals surface area contributed by atoms with Crippen molar-refractivity contribution in [2.24, 2.45) is 0 Å². The third-order valence-electron chi connectivity index (χ3n) is 5.21. The lowest BCUT2D eigenvalue weighted by Gasteiger charge is -2.26. The highest BCUT2D eigenvalue weighted by Gasteiger charge is 2.30. The Balaban J connectivity index is 2.03. The minimum absolute atomic E-state index is 0.00903. The number of hydrogen-bond acceptors (Lipinski definition) is 7. The Morgan fingerprint density at radius 2 is 1.64 bits per heavy atom. The average molecular weight is 533 g/mol. The molecule has 9 nitrogen and oxygen atoms in total. The topological polar surface area (TPSA) is 111 Å². The van der Waals surface area contributed by atoms with Crippen LogP contribution in [0.4, 0.5) is 11.4 Å². The highest BCUT2D eigenvalue weighted by Crippen LogP contribution is 2.35. The summed E-state index contributed by atoms with van der Waals surface area (Å²) in [6, 6.07) is 15.1. The summed E-state index contributed by atoms with van der Waals surface area (Å²) in [4.78, 5) is 25.0. The predicted octanol–water partition coefficient (Wildman–Crippen LogP) is 4.29. The maximum Gasteiger partial charge on any atom is 0.339 e. The van der Waals surface area contributed by atoms with Gasteiger partial charge in [0, 0.05) is 11.8 Å². The van der Waals surface area contributed by atoms with Crippen LogP contribution in [0.15, 0.2) is 65.6 Å². The second kappa shape index (κ2) is 11.3. The van der Waals surface area contributed by atoms with Crippen LogP contribution in [-0.2, 0) is 19.6 Å². The first-order valence-corrected chi connectivity index (χ1v) is 12.4. The molecular formula is C25H25ClN2O7S. The van der Waals surface area contributed by atoms with E-state index in [0.29, 0.717) is 5.75 Å². The van der Waals surface area contributed by atoms with E-state index in [1.807, 2.05) is 6.92 Å². The molecule has 11 heteroatoms. The van der Waals surface area contributed by atoms with Crippen LogP contribution in [0, 0.1) is 6.92 Å². The van der Waals surface area contributed by atoms with E-state index in [9.17, 15) is 18.0 Å². The van der Waals surface area contributed by atoms with Crippen molar-refractivity contribution < 1.29 is 32.2 Å². The maximum absolute atomic E-state index is 13.7. The third-order valence-corrected chi connectivity index (χ3v) is 7.31. The number of nitrogens with zero attached hydrogens (tertiary/aromatic N) is 1. The molecular weight excluding hydrogens is 508 g/mol. The summed E-state index contributed by atoms with van der Waals surface area (Å²) in [5, 5.41) is 2.75. The summed E-state index contributed by atoms with van der Waals surface area (Å²) in [6.45, 7) is 1.23. The van der Waals surface area contributed by atoms with E-state index in [1.165, 1.54) is 57.7 Å². The zero-order chi connectivity index (χ0) is 26.5. The molecule has 0 atom stereocenters. The van der Waals surface area contributed by atoms with E-state index in [0.717, 1.165) is 9.87 Å². The highest BCUT2D eigenvalue weighted by molar-refractivity contribution is 7.92. The number of halogens is 1. The van der Waals surface area contributed by atoms with E-state index in [2.05, 4.69) is 5.32 Å². The van der Waals surface area contributed by atoms with Crippen molar-refractivity contribution in [2.45, 2.75) is 11.8 Å². The van der Waals surface area contributed by atoms with Gasteiger partial charge in [0.25, 0.3) is 10.0 Å². The molecule has 3 aromatic carbocycles. The van der Waals surface area contributed by atoms with Crippen LogP contribution in [0.5, 0.6) is 11.5 Å². The van der Waals surface area contributed by atoms with Crippen molar-refractivity contribution in [3.8, 4) is 11.5 Å². The van der Waals surface area contributed by atoms with Gasteiger partial charge in [-0.3, -0.25) is 9.10 Å². The van der Waals surface area contributed by atoms with E-state index in [-0.39, 0.29) is 32.6 Å². The first-order valence-electron chi connectivity index (χ1n) is 10.6. The minimum Gasteiger partial charge on any atom is -0.497 e. The van der Waals surface area contributed by atoms with Crippen molar-refractivity contribution in [3.05, 3.63) is 76.8 Å². The smallest absolute Gasteiger partial charge is 0.339 e. The molecule has 36 heavy (non-hydrogen) atoms. The summed E-state index contributed by atoms with van der Waals surface area (Å²) in [5.74, 6) is -0.760. The molecule has 1 N–H and O–H groups in total. The Kier molecular flexibility index (Phi) is 8.44. The SMILES string of the molecule is COC(=O)c1cc(NC(=O)CN(c2cc(OC)ccc2OC)S(=O)(=O)c2ccc(C)cc2)ccc1Cl. The molecule has 0 unspecified atom stereocenters. The number of aryl methyl sites for hydroxylation is 1. The van der Waals surface area contributed by atoms with Gasteiger partial charge in [0.1, 0.15) is 18.0 Å². The van der Waals surface area contributed by atoms with Gasteiger partial charge in [-0.1, -0.05) is 29.3 Å². The summed E-state index contributed by atoms with van der Waals surface area (Å²) in [7, 11) is -0.165. The van der Waals surface area contributed by atoms with Gasteiger partial charge in [-0.2, -0.15) is 0 Å². The number of amides is 1. The Labute approximate surface area is 214 Å². The number of carbonyl (C=O) groups is 2. The second-order valence-corrected chi connectivity index (χ2v) is 9.87. The van der Waals surface area contributed by atoms with Crippen LogP contribution in [0.3, 0.4) is 0 Å². The van der Waals surface area contributed by atoms with Crippen molar-refractivity contribution >= 4 is 44.9 Å². The number of methoxy groups -OCH3 is 3. The first-order chi connectivity index (χ1) is 17.1. The Hall–Kier alpha value is -3.76. The Morgan fingerprint density at radius 3 is 2.25 bits per heavy atom. The summed E-state index contributed by atoms with van der Waals surface area (Å²) >= 11 is 6.04. The maximum atomic E-state index is 13.7. The van der Waals surface area contributed by atoms with E-state index in [4.69, 9.17) is 25.8 Å². The van der Waals surface area contributed by atoms with E-state index >= 15 is 0 Å². The molecule has 1 amide bonds. The van der Waals surface area contributed by atoms with Crippen molar-refractivity contribution in [3.63, 3.8) is 0 Å². The highest BCUT2D eigenvalue weighted by atomic mass is 35.5. The fourth-order valence-corrected chi connectivity index (χ4v) is 4.95. The summed E-state index contributed by atoms with van der Waals surface area (Å²) < 4.78 is 43.7. The van der Waals surface area contributed by atoms with Crippen molar-refractivity contribution in [2.75, 3.05) is 37.5 Å². The fourth-order valence-electron chi connectivity index (χ4n) is 3.33. The molecule has 0 aliphatic heterocycles. The number of esters is 1. The van der Waals surface area contributed by atoms with Crippen LogP contribution in [-0.4, -0.2) is 48.2 Å². The number of carbonyl (C=O) groups excluding carboxylic acids is 2. The normalized spacial score (nSPS) is 10.9. The molecule has 0 aliphatic rings. The number of anilines is 2. The molecule has 0 aromatic heterocycles. The van der Waals surface area contributed by atoms with Gasteiger partial charge < -0.3 is 19.5 Å². The molecule has 0 heterocycles. The summed E-state index contributed by atoms with van der Waals surface area (Å²) in [5.41, 5.74) is 1.27. The molecule has 0 saturated carbocycles. The van der Waals surface area contributed by atoms with Gasteiger partial charge in [0.05, 0.1) is 42.5 Å². The molecule has 3 aromatic rings. The quantitative estimate of drug-likeness (QED) is 0.409. The number of hydrogen-bond donors (Lipinski definition) is 1. The van der Waals surface area contributed by atoms with Gasteiger partial charge in [-0.05, 0) is 49.4 Å². The van der Waals surface area contributed by atoms with Gasteiger partial charge >= 0.3 is 5.97 Å². The lowest BCUT2D eigenvalue weighted by Crippen LogP contribution is -2.38. The lowest BCUT2D eigenvalue weighted by molar-refractivity contribution is -0.114. The average Bonchev–Trinajstić information content (AvgIpc) is 2.87. The molecule has 0 fully saturated rings. The standard InChI is InChI=1S/C25H25ClN2O7S/c1-16-5-9-19(10-6-16)36(31,32)28(22-14-18(33-2)8-12-23(22)34-3)15-24(29)27-17-7-11-21(26)20(13-17)25(30)35-4/h5-14H,15H2,1-4H3,(H,27,29). The monoisotopic (exact) mass is 532 g/mol. The van der Waals surface area contributed by atoms with Crippen LogP contribution in [0.1, 0.15) is 15.9 Å². The molecule has 0 radical (unpaired) electrons. The van der Waals surface area contributed by atoms with E-state index in [1.54, 1.807) is 24.3 Å². The first kappa shape index (κ1) is 26.8. The lowest BCUT2D eigenvalue weighted by atomic mass is 10.2. The van der Waals surface area contributed by atoms with Crippen LogP contribution >= 0.6 is 11.6 Å². The predicted molar refractivity (Wildman–Crippen MR) is 137 cm³/mol. The zero-order valence-electron chi connectivity index (χ0n) is 20.1. The van der Waals surface area contributed by atoms with Gasteiger partial charge in [-0.25, -0.2) is 13.2 Å². The van der Waals surface area contributed by atoms with Crippen molar-refractivity contribution in [1.29, 1.82) is 0 Å². The second-order valence-electron chi connectivity index (χ2n) is 7.60. The van der Waals surface area contributed by atoms with Gasteiger partial charge in [-0.15, -0.1) is 0 Å². The van der Waals surface area contributed by atoms with Gasteiger partial charge in [0.2, 0.25) is 5.91 Å². The van der Waals surface area contributed by atoms with Gasteiger partial charge in [0.15, 0.2) is 0 Å². The van der Waals surface area contributed by atoms with E-state index < -0.39 is 28.4 Å². The Bertz CT molecular complexity index is 1380. The van der Waals surface area contributed by atoms with Crippen LogP contribution < -0.4 is 19.1 Å². The molecule has 0 bridgehead atoms. The molecule has 190 valence electrons. The third kappa shape index (κ3) is 5.89. The Morgan fingerprint density at radius 1 is 0.944 bits per heavy atom. The van der Waals surface area contributed by atoms with Crippen LogP contribution in [0.2, 0.25) is 5.02 Å².